The Morgan fingerprint density at radius 2 is 1.69 bits per heavy atom. The molecule has 0 amide bonds. The van der Waals surface area contributed by atoms with E-state index in [1.807, 2.05) is 0 Å². The van der Waals surface area contributed by atoms with Crippen LogP contribution in [0.15, 0.2) is 12.4 Å². The third-order valence-electron chi connectivity index (χ3n) is 2.93. The first kappa shape index (κ1) is 11.6. The Morgan fingerprint density at radius 1 is 1.12 bits per heavy atom. The van der Waals surface area contributed by atoms with Gasteiger partial charge in [-0.05, 0) is 13.8 Å². The molecule has 1 aromatic heterocycles. The molecule has 1 saturated heterocycles. The lowest BCUT2D eigenvalue weighted by Crippen LogP contribution is -2.49. The molecule has 1 aromatic rings. The van der Waals surface area contributed by atoms with Gasteiger partial charge in [0.25, 0.3) is 0 Å². The Balaban J connectivity index is 1.96. The fourth-order valence-corrected chi connectivity index (χ4v) is 2.00. The predicted molar refractivity (Wildman–Crippen MR) is 66.0 cm³/mol. The summed E-state index contributed by atoms with van der Waals surface area (Å²) in [6.45, 7) is 8.58. The zero-order chi connectivity index (χ0) is 11.5. The molecule has 1 aliphatic rings. The third kappa shape index (κ3) is 2.62. The van der Waals surface area contributed by atoms with Gasteiger partial charge in [-0.25, -0.2) is 9.97 Å². The molecule has 0 atom stereocenters. The zero-order valence-corrected chi connectivity index (χ0v) is 10.5. The van der Waals surface area contributed by atoms with Gasteiger partial charge in [-0.15, -0.1) is 0 Å². The highest BCUT2D eigenvalue weighted by Gasteiger charge is 2.20. The van der Waals surface area contributed by atoms with Crippen LogP contribution in [0.4, 0.5) is 5.95 Å². The second-order valence-electron chi connectivity index (χ2n) is 4.32. The molecule has 0 aromatic carbocycles. The molecule has 88 valence electrons. The van der Waals surface area contributed by atoms with Crippen LogP contribution in [0, 0.1) is 0 Å². The number of rotatable bonds is 2. The van der Waals surface area contributed by atoms with Gasteiger partial charge >= 0.3 is 0 Å². The van der Waals surface area contributed by atoms with Crippen LogP contribution in [0.25, 0.3) is 0 Å². The number of nitrogens with zero attached hydrogens (tertiary/aromatic N) is 4. The van der Waals surface area contributed by atoms with Gasteiger partial charge in [-0.2, -0.15) is 0 Å². The second kappa shape index (κ2) is 4.97. The van der Waals surface area contributed by atoms with Crippen molar-refractivity contribution in [2.45, 2.75) is 19.9 Å². The zero-order valence-electron chi connectivity index (χ0n) is 9.73. The van der Waals surface area contributed by atoms with Crippen molar-refractivity contribution in [3.05, 3.63) is 17.4 Å². The van der Waals surface area contributed by atoms with Gasteiger partial charge in [0.1, 0.15) is 0 Å². The molecule has 0 N–H and O–H groups in total. The van der Waals surface area contributed by atoms with E-state index in [0.29, 0.717) is 11.1 Å². The van der Waals surface area contributed by atoms with Crippen molar-refractivity contribution in [3.8, 4) is 0 Å². The normalized spacial score (nSPS) is 18.1. The molecule has 2 rings (SSSR count). The fourth-order valence-electron chi connectivity index (χ4n) is 1.91. The van der Waals surface area contributed by atoms with Crippen LogP contribution in [0.2, 0.25) is 5.02 Å². The third-order valence-corrected chi connectivity index (χ3v) is 3.13. The molecule has 0 bridgehead atoms. The molecule has 2 heterocycles. The summed E-state index contributed by atoms with van der Waals surface area (Å²) in [7, 11) is 0. The largest absolute Gasteiger partial charge is 0.338 e. The molecular formula is C11H17ClN4. The van der Waals surface area contributed by atoms with Crippen molar-refractivity contribution >= 4 is 17.5 Å². The van der Waals surface area contributed by atoms with Crippen molar-refractivity contribution in [2.75, 3.05) is 31.1 Å². The van der Waals surface area contributed by atoms with Gasteiger partial charge in [0.05, 0.1) is 17.4 Å². The summed E-state index contributed by atoms with van der Waals surface area (Å²) in [5.74, 6) is 0.785. The Bertz CT molecular complexity index is 330. The Morgan fingerprint density at radius 3 is 2.19 bits per heavy atom. The van der Waals surface area contributed by atoms with Crippen molar-refractivity contribution < 1.29 is 0 Å². The molecule has 4 nitrogen and oxygen atoms in total. The van der Waals surface area contributed by atoms with E-state index in [0.717, 1.165) is 32.1 Å². The highest BCUT2D eigenvalue weighted by molar-refractivity contribution is 6.30. The van der Waals surface area contributed by atoms with Gasteiger partial charge in [0.2, 0.25) is 5.95 Å². The molecule has 1 aliphatic heterocycles. The van der Waals surface area contributed by atoms with E-state index in [1.54, 1.807) is 12.4 Å². The fraction of sp³-hybridized carbons (Fsp3) is 0.636. The van der Waals surface area contributed by atoms with Crippen LogP contribution in [0.5, 0.6) is 0 Å². The summed E-state index contributed by atoms with van der Waals surface area (Å²) in [6.07, 6.45) is 3.30. The first-order valence-electron chi connectivity index (χ1n) is 5.63. The standard InChI is InChI=1S/C11H17ClN4/c1-9(2)15-3-5-16(6-4-15)11-13-7-10(12)8-14-11/h7-9H,3-6H2,1-2H3. The minimum Gasteiger partial charge on any atom is -0.338 e. The number of hydrogen-bond acceptors (Lipinski definition) is 4. The average molecular weight is 241 g/mol. The molecular weight excluding hydrogens is 224 g/mol. The van der Waals surface area contributed by atoms with E-state index in [4.69, 9.17) is 11.6 Å². The lowest BCUT2D eigenvalue weighted by Gasteiger charge is -2.36. The van der Waals surface area contributed by atoms with E-state index >= 15 is 0 Å². The van der Waals surface area contributed by atoms with Gasteiger partial charge in [0.15, 0.2) is 0 Å². The summed E-state index contributed by atoms with van der Waals surface area (Å²) in [5, 5.41) is 0.588. The Hall–Kier alpha value is -0.870. The summed E-state index contributed by atoms with van der Waals surface area (Å²) >= 11 is 5.76. The molecule has 5 heteroatoms. The number of halogens is 1. The van der Waals surface area contributed by atoms with Crippen LogP contribution < -0.4 is 4.90 Å². The Kier molecular flexibility index (Phi) is 3.61. The lowest BCUT2D eigenvalue weighted by atomic mass is 10.2. The summed E-state index contributed by atoms with van der Waals surface area (Å²) in [6, 6.07) is 0.619. The van der Waals surface area contributed by atoms with Crippen molar-refractivity contribution in [3.63, 3.8) is 0 Å². The molecule has 0 spiro atoms. The van der Waals surface area contributed by atoms with E-state index in [-0.39, 0.29) is 0 Å². The van der Waals surface area contributed by atoms with Gasteiger partial charge in [0, 0.05) is 32.2 Å². The summed E-state index contributed by atoms with van der Waals surface area (Å²) < 4.78 is 0. The van der Waals surface area contributed by atoms with Gasteiger partial charge in [-0.3, -0.25) is 4.90 Å². The number of hydrogen-bond donors (Lipinski definition) is 0. The topological polar surface area (TPSA) is 32.3 Å². The monoisotopic (exact) mass is 240 g/mol. The van der Waals surface area contributed by atoms with E-state index < -0.39 is 0 Å². The number of piperazine rings is 1. The van der Waals surface area contributed by atoms with Gasteiger partial charge < -0.3 is 4.90 Å². The lowest BCUT2D eigenvalue weighted by molar-refractivity contribution is 0.208. The van der Waals surface area contributed by atoms with E-state index in [9.17, 15) is 0 Å². The van der Waals surface area contributed by atoms with Crippen molar-refractivity contribution in [1.82, 2.24) is 14.9 Å². The molecule has 0 unspecified atom stereocenters. The second-order valence-corrected chi connectivity index (χ2v) is 4.75. The Labute approximate surface area is 101 Å². The molecule has 16 heavy (non-hydrogen) atoms. The van der Waals surface area contributed by atoms with Crippen LogP contribution in [0.3, 0.4) is 0 Å². The predicted octanol–water partition coefficient (Wildman–Crippen LogP) is 1.66. The molecule has 0 radical (unpaired) electrons. The van der Waals surface area contributed by atoms with Crippen LogP contribution >= 0.6 is 11.6 Å². The minimum absolute atomic E-state index is 0.588. The van der Waals surface area contributed by atoms with E-state index in [1.165, 1.54) is 0 Å². The molecule has 1 fully saturated rings. The maximum atomic E-state index is 5.76. The number of aromatic nitrogens is 2. The minimum atomic E-state index is 0.588. The summed E-state index contributed by atoms with van der Waals surface area (Å²) in [4.78, 5) is 13.1. The van der Waals surface area contributed by atoms with E-state index in [2.05, 4.69) is 33.6 Å². The van der Waals surface area contributed by atoms with Crippen molar-refractivity contribution in [2.24, 2.45) is 0 Å². The quantitative estimate of drug-likeness (QED) is 0.787. The molecule has 0 saturated carbocycles. The average Bonchev–Trinajstić information content (AvgIpc) is 2.30. The highest BCUT2D eigenvalue weighted by atomic mass is 35.5. The van der Waals surface area contributed by atoms with Crippen LogP contribution in [-0.4, -0.2) is 47.1 Å². The maximum absolute atomic E-state index is 5.76. The maximum Gasteiger partial charge on any atom is 0.225 e. The summed E-state index contributed by atoms with van der Waals surface area (Å²) in [5.41, 5.74) is 0. The first-order chi connectivity index (χ1) is 7.66. The van der Waals surface area contributed by atoms with Crippen molar-refractivity contribution in [1.29, 1.82) is 0 Å². The highest BCUT2D eigenvalue weighted by Crippen LogP contribution is 2.13. The smallest absolute Gasteiger partial charge is 0.225 e. The number of anilines is 1. The van der Waals surface area contributed by atoms with Gasteiger partial charge in [-0.1, -0.05) is 11.6 Å². The molecule has 0 aliphatic carbocycles. The SMILES string of the molecule is CC(C)N1CCN(c2ncc(Cl)cn2)CC1. The van der Waals surface area contributed by atoms with Crippen LogP contribution in [-0.2, 0) is 0 Å². The van der Waals surface area contributed by atoms with Crippen LogP contribution in [0.1, 0.15) is 13.8 Å². The first-order valence-corrected chi connectivity index (χ1v) is 6.01.